The molecule has 3 nitrogen and oxygen atoms in total. The number of fused-ring (bicyclic) bond motifs is 1. The van der Waals surface area contributed by atoms with Gasteiger partial charge in [-0.2, -0.15) is 16.9 Å². The van der Waals surface area contributed by atoms with Crippen molar-refractivity contribution in [2.45, 2.75) is 25.0 Å². The second kappa shape index (κ2) is 3.52. The van der Waals surface area contributed by atoms with Crippen molar-refractivity contribution in [1.82, 2.24) is 14.6 Å². The van der Waals surface area contributed by atoms with Crippen molar-refractivity contribution in [3.8, 4) is 0 Å². The monoisotopic (exact) mass is 219 g/mol. The molecule has 1 atom stereocenters. The molecule has 2 aromatic rings. The summed E-state index contributed by atoms with van der Waals surface area (Å²) < 4.78 is 1.89. The Morgan fingerprint density at radius 3 is 3.20 bits per heavy atom. The maximum Gasteiger partial charge on any atom is 0.164 e. The number of hydrogen-bond acceptors (Lipinski definition) is 3. The first-order valence-electron chi connectivity index (χ1n) is 5.28. The molecule has 0 bridgehead atoms. The van der Waals surface area contributed by atoms with Crippen LogP contribution in [0.2, 0.25) is 0 Å². The molecule has 1 aliphatic heterocycles. The first-order valence-corrected chi connectivity index (χ1v) is 6.33. The number of hydrogen-bond donors (Lipinski definition) is 0. The van der Waals surface area contributed by atoms with Gasteiger partial charge in [0.1, 0.15) is 0 Å². The van der Waals surface area contributed by atoms with Crippen LogP contribution < -0.4 is 0 Å². The first-order chi connectivity index (χ1) is 7.34. The maximum atomic E-state index is 4.63. The third kappa shape index (κ3) is 1.53. The van der Waals surface area contributed by atoms with Gasteiger partial charge in [0.2, 0.25) is 0 Å². The molecule has 1 unspecified atom stereocenters. The highest BCUT2D eigenvalue weighted by Gasteiger charge is 2.22. The Bertz CT molecular complexity index is 486. The quantitative estimate of drug-likeness (QED) is 0.738. The van der Waals surface area contributed by atoms with Gasteiger partial charge in [-0.15, -0.1) is 0 Å². The van der Waals surface area contributed by atoms with Crippen LogP contribution in [0.4, 0.5) is 0 Å². The molecule has 15 heavy (non-hydrogen) atoms. The predicted molar refractivity (Wildman–Crippen MR) is 62.2 cm³/mol. The second-order valence-corrected chi connectivity index (χ2v) is 5.24. The lowest BCUT2D eigenvalue weighted by atomic mass is 10.2. The Labute approximate surface area is 92.9 Å². The molecular weight excluding hydrogens is 206 g/mol. The molecule has 1 aliphatic rings. The predicted octanol–water partition coefficient (Wildman–Crippen LogP) is 2.61. The number of rotatable bonds is 1. The standard InChI is InChI=1S/C11H13N3S/c1-8-4-2-6-14-11(8)12-10(13-14)9-5-3-7-15-9/h2,4,6,9H,3,5,7H2,1H3. The topological polar surface area (TPSA) is 30.2 Å². The third-order valence-corrected chi connectivity index (χ3v) is 4.16. The summed E-state index contributed by atoms with van der Waals surface area (Å²) >= 11 is 1.98. The number of aromatic nitrogens is 3. The van der Waals surface area contributed by atoms with Gasteiger partial charge in [-0.05, 0) is 37.1 Å². The zero-order chi connectivity index (χ0) is 10.3. The van der Waals surface area contributed by atoms with E-state index < -0.39 is 0 Å². The van der Waals surface area contributed by atoms with Gasteiger partial charge in [-0.25, -0.2) is 9.50 Å². The summed E-state index contributed by atoms with van der Waals surface area (Å²) in [5.74, 6) is 2.26. The van der Waals surface area contributed by atoms with Crippen LogP contribution >= 0.6 is 11.8 Å². The van der Waals surface area contributed by atoms with Gasteiger partial charge in [0.05, 0.1) is 5.25 Å². The maximum absolute atomic E-state index is 4.63. The molecule has 0 saturated carbocycles. The van der Waals surface area contributed by atoms with Crippen LogP contribution in [0.3, 0.4) is 0 Å². The minimum Gasteiger partial charge on any atom is -0.221 e. The largest absolute Gasteiger partial charge is 0.221 e. The summed E-state index contributed by atoms with van der Waals surface area (Å²) in [6, 6.07) is 4.10. The van der Waals surface area contributed by atoms with E-state index in [9.17, 15) is 0 Å². The normalized spacial score (nSPS) is 21.3. The molecule has 0 N–H and O–H groups in total. The summed E-state index contributed by atoms with van der Waals surface area (Å²) in [7, 11) is 0. The third-order valence-electron chi connectivity index (χ3n) is 2.79. The molecule has 1 fully saturated rings. The number of thioether (sulfide) groups is 1. The van der Waals surface area contributed by atoms with E-state index in [0.717, 1.165) is 11.5 Å². The fourth-order valence-electron chi connectivity index (χ4n) is 1.97. The highest BCUT2D eigenvalue weighted by atomic mass is 32.2. The van der Waals surface area contributed by atoms with E-state index in [0.29, 0.717) is 5.25 Å². The highest BCUT2D eigenvalue weighted by molar-refractivity contribution is 7.99. The van der Waals surface area contributed by atoms with Crippen LogP contribution in [0.1, 0.15) is 29.5 Å². The van der Waals surface area contributed by atoms with Crippen molar-refractivity contribution in [2.24, 2.45) is 0 Å². The van der Waals surface area contributed by atoms with Crippen LogP contribution in [0.25, 0.3) is 5.65 Å². The Balaban J connectivity index is 2.09. The second-order valence-electron chi connectivity index (χ2n) is 3.93. The first kappa shape index (κ1) is 9.21. The van der Waals surface area contributed by atoms with Crippen LogP contribution in [0.15, 0.2) is 18.3 Å². The lowest BCUT2D eigenvalue weighted by Gasteiger charge is -1.99. The summed E-state index contributed by atoms with van der Waals surface area (Å²) in [5, 5.41) is 5.06. The zero-order valence-corrected chi connectivity index (χ0v) is 9.50. The molecule has 4 heteroatoms. The summed E-state index contributed by atoms with van der Waals surface area (Å²) in [6.45, 7) is 2.08. The van der Waals surface area contributed by atoms with E-state index in [1.807, 2.05) is 28.5 Å². The van der Waals surface area contributed by atoms with Gasteiger partial charge >= 0.3 is 0 Å². The van der Waals surface area contributed by atoms with Crippen molar-refractivity contribution in [2.75, 3.05) is 5.75 Å². The molecule has 0 spiro atoms. The fourth-order valence-corrected chi connectivity index (χ4v) is 3.17. The Morgan fingerprint density at radius 2 is 2.47 bits per heavy atom. The van der Waals surface area contributed by atoms with Crippen LogP contribution in [-0.2, 0) is 0 Å². The van der Waals surface area contributed by atoms with Gasteiger partial charge in [-0.3, -0.25) is 0 Å². The summed E-state index contributed by atoms with van der Waals surface area (Å²) in [5.41, 5.74) is 2.19. The van der Waals surface area contributed by atoms with Crippen molar-refractivity contribution in [3.05, 3.63) is 29.7 Å². The zero-order valence-electron chi connectivity index (χ0n) is 8.68. The van der Waals surface area contributed by atoms with Gasteiger partial charge in [0, 0.05) is 6.20 Å². The van der Waals surface area contributed by atoms with E-state index in [4.69, 9.17) is 0 Å². The SMILES string of the molecule is Cc1cccn2nc(C3CCCS3)nc12. The average molecular weight is 219 g/mol. The van der Waals surface area contributed by atoms with E-state index in [1.54, 1.807) is 0 Å². The van der Waals surface area contributed by atoms with Gasteiger partial charge in [-0.1, -0.05) is 6.07 Å². The minimum absolute atomic E-state index is 0.518. The van der Waals surface area contributed by atoms with Crippen molar-refractivity contribution in [1.29, 1.82) is 0 Å². The summed E-state index contributed by atoms with van der Waals surface area (Å²) in [6.07, 6.45) is 4.49. The Kier molecular flexibility index (Phi) is 2.16. The van der Waals surface area contributed by atoms with Crippen LogP contribution in [0, 0.1) is 6.92 Å². The number of pyridine rings is 1. The lowest BCUT2D eigenvalue weighted by Crippen LogP contribution is -1.92. The molecule has 78 valence electrons. The van der Waals surface area contributed by atoms with E-state index >= 15 is 0 Å². The molecule has 2 aromatic heterocycles. The minimum atomic E-state index is 0.518. The molecule has 0 radical (unpaired) electrons. The molecular formula is C11H13N3S. The van der Waals surface area contributed by atoms with Crippen molar-refractivity contribution < 1.29 is 0 Å². The van der Waals surface area contributed by atoms with E-state index in [1.165, 1.54) is 24.2 Å². The Morgan fingerprint density at radius 1 is 1.53 bits per heavy atom. The number of aryl methyl sites for hydroxylation is 1. The highest BCUT2D eigenvalue weighted by Crippen LogP contribution is 2.38. The average Bonchev–Trinajstić information content (AvgIpc) is 2.86. The molecule has 3 rings (SSSR count). The summed E-state index contributed by atoms with van der Waals surface area (Å²) in [4.78, 5) is 4.63. The molecule has 0 aliphatic carbocycles. The number of nitrogens with zero attached hydrogens (tertiary/aromatic N) is 3. The molecule has 0 aromatic carbocycles. The molecule has 0 amide bonds. The van der Waals surface area contributed by atoms with E-state index in [2.05, 4.69) is 23.1 Å². The van der Waals surface area contributed by atoms with Crippen molar-refractivity contribution in [3.63, 3.8) is 0 Å². The smallest absolute Gasteiger partial charge is 0.164 e. The van der Waals surface area contributed by atoms with Crippen LogP contribution in [0.5, 0.6) is 0 Å². The van der Waals surface area contributed by atoms with Crippen molar-refractivity contribution >= 4 is 17.4 Å². The van der Waals surface area contributed by atoms with Gasteiger partial charge in [0.25, 0.3) is 0 Å². The van der Waals surface area contributed by atoms with Gasteiger partial charge < -0.3 is 0 Å². The van der Waals surface area contributed by atoms with E-state index in [-0.39, 0.29) is 0 Å². The Hall–Kier alpha value is -1.03. The lowest BCUT2D eigenvalue weighted by molar-refractivity contribution is 0.770. The fraction of sp³-hybridized carbons (Fsp3) is 0.455. The van der Waals surface area contributed by atoms with Gasteiger partial charge in [0.15, 0.2) is 11.5 Å². The van der Waals surface area contributed by atoms with Crippen LogP contribution in [-0.4, -0.2) is 20.4 Å². The molecule has 3 heterocycles. The molecule has 1 saturated heterocycles.